The zero-order valence-corrected chi connectivity index (χ0v) is 11.1. The first-order valence-electron chi connectivity index (χ1n) is 5.08. The third-order valence-electron chi connectivity index (χ3n) is 2.06. The number of nitrogens with zero attached hydrogens (tertiary/aromatic N) is 2. The van der Waals surface area contributed by atoms with Gasteiger partial charge in [0.2, 0.25) is 11.8 Å². The third kappa shape index (κ3) is 2.79. The van der Waals surface area contributed by atoms with Crippen molar-refractivity contribution in [1.29, 1.82) is 0 Å². The number of rotatable bonds is 4. The van der Waals surface area contributed by atoms with Gasteiger partial charge < -0.3 is 9.73 Å². The molecular weight excluding hydrogens is 317 g/mol. The standard InChI is InChI=1S/C11H12IN3O/c1-2-13-7-10-14-15-11(16-10)8-4-3-5-9(12)6-8/h3-6,13H,2,7H2,1H3. The van der Waals surface area contributed by atoms with Crippen LogP contribution in [0.4, 0.5) is 0 Å². The van der Waals surface area contributed by atoms with Crippen molar-refractivity contribution >= 4 is 22.6 Å². The highest BCUT2D eigenvalue weighted by atomic mass is 127. The van der Waals surface area contributed by atoms with Crippen LogP contribution in [-0.2, 0) is 6.54 Å². The molecule has 0 aliphatic heterocycles. The van der Waals surface area contributed by atoms with Gasteiger partial charge in [-0.15, -0.1) is 10.2 Å². The van der Waals surface area contributed by atoms with Gasteiger partial charge in [0.15, 0.2) is 0 Å². The number of halogens is 1. The quantitative estimate of drug-likeness (QED) is 0.876. The van der Waals surface area contributed by atoms with E-state index < -0.39 is 0 Å². The predicted octanol–water partition coefficient (Wildman–Crippen LogP) is 2.45. The predicted molar refractivity (Wildman–Crippen MR) is 69.8 cm³/mol. The molecular formula is C11H12IN3O. The molecule has 16 heavy (non-hydrogen) atoms. The molecule has 0 aliphatic carbocycles. The number of hydrogen-bond acceptors (Lipinski definition) is 4. The van der Waals surface area contributed by atoms with Crippen LogP contribution >= 0.6 is 22.6 Å². The van der Waals surface area contributed by atoms with Gasteiger partial charge in [-0.1, -0.05) is 13.0 Å². The molecule has 1 heterocycles. The molecule has 2 rings (SSSR count). The van der Waals surface area contributed by atoms with Crippen molar-refractivity contribution in [2.75, 3.05) is 6.54 Å². The van der Waals surface area contributed by atoms with Crippen LogP contribution in [0.5, 0.6) is 0 Å². The molecule has 0 radical (unpaired) electrons. The Morgan fingerprint density at radius 1 is 1.38 bits per heavy atom. The van der Waals surface area contributed by atoms with Crippen LogP contribution in [0, 0.1) is 3.57 Å². The van der Waals surface area contributed by atoms with Gasteiger partial charge in [-0.2, -0.15) is 0 Å². The molecule has 1 aromatic heterocycles. The Hall–Kier alpha value is -0.950. The topological polar surface area (TPSA) is 51.0 Å². The Balaban J connectivity index is 2.18. The fraction of sp³-hybridized carbons (Fsp3) is 0.273. The molecule has 1 N–H and O–H groups in total. The molecule has 2 aromatic rings. The highest BCUT2D eigenvalue weighted by molar-refractivity contribution is 14.1. The first kappa shape index (κ1) is 11.5. The lowest BCUT2D eigenvalue weighted by Gasteiger charge is -1.96. The Morgan fingerprint density at radius 3 is 3.00 bits per heavy atom. The van der Waals surface area contributed by atoms with Crippen LogP contribution < -0.4 is 5.32 Å². The summed E-state index contributed by atoms with van der Waals surface area (Å²) in [6.07, 6.45) is 0. The summed E-state index contributed by atoms with van der Waals surface area (Å²) < 4.78 is 6.69. The lowest BCUT2D eigenvalue weighted by molar-refractivity contribution is 0.482. The van der Waals surface area contributed by atoms with Crippen LogP contribution in [0.2, 0.25) is 0 Å². The summed E-state index contributed by atoms with van der Waals surface area (Å²) in [5, 5.41) is 11.1. The van der Waals surface area contributed by atoms with Crippen LogP contribution in [0.3, 0.4) is 0 Å². The van der Waals surface area contributed by atoms with E-state index in [9.17, 15) is 0 Å². The van der Waals surface area contributed by atoms with Crippen molar-refractivity contribution in [2.45, 2.75) is 13.5 Å². The molecule has 4 nitrogen and oxygen atoms in total. The van der Waals surface area contributed by atoms with Gasteiger partial charge in [-0.05, 0) is 47.3 Å². The number of aromatic nitrogens is 2. The zero-order chi connectivity index (χ0) is 11.4. The van der Waals surface area contributed by atoms with E-state index >= 15 is 0 Å². The second kappa shape index (κ2) is 5.40. The normalized spacial score (nSPS) is 10.6. The molecule has 0 fully saturated rings. The molecule has 0 saturated heterocycles. The molecule has 1 aromatic carbocycles. The second-order valence-corrected chi connectivity index (χ2v) is 4.54. The maximum atomic E-state index is 5.54. The average molecular weight is 329 g/mol. The van der Waals surface area contributed by atoms with E-state index in [1.807, 2.05) is 31.2 Å². The number of benzene rings is 1. The third-order valence-corrected chi connectivity index (χ3v) is 2.74. The first-order chi connectivity index (χ1) is 7.79. The van der Waals surface area contributed by atoms with E-state index in [0.29, 0.717) is 18.3 Å². The summed E-state index contributed by atoms with van der Waals surface area (Å²) in [6, 6.07) is 7.99. The smallest absolute Gasteiger partial charge is 0.247 e. The zero-order valence-electron chi connectivity index (χ0n) is 8.90. The van der Waals surface area contributed by atoms with E-state index in [-0.39, 0.29) is 0 Å². The van der Waals surface area contributed by atoms with Crippen molar-refractivity contribution in [1.82, 2.24) is 15.5 Å². The van der Waals surface area contributed by atoms with Gasteiger partial charge in [0.25, 0.3) is 0 Å². The van der Waals surface area contributed by atoms with E-state index in [1.54, 1.807) is 0 Å². The van der Waals surface area contributed by atoms with Crippen molar-refractivity contribution < 1.29 is 4.42 Å². The molecule has 0 unspecified atom stereocenters. The van der Waals surface area contributed by atoms with E-state index in [1.165, 1.54) is 0 Å². The maximum absolute atomic E-state index is 5.54. The minimum absolute atomic E-state index is 0.575. The summed E-state index contributed by atoms with van der Waals surface area (Å²) in [7, 11) is 0. The summed E-state index contributed by atoms with van der Waals surface area (Å²) in [5.74, 6) is 1.20. The minimum Gasteiger partial charge on any atom is -0.419 e. The molecule has 0 spiro atoms. The lowest BCUT2D eigenvalue weighted by atomic mass is 10.2. The van der Waals surface area contributed by atoms with Crippen LogP contribution in [0.15, 0.2) is 28.7 Å². The van der Waals surface area contributed by atoms with Gasteiger partial charge in [-0.25, -0.2) is 0 Å². The summed E-state index contributed by atoms with van der Waals surface area (Å²) >= 11 is 2.26. The Kier molecular flexibility index (Phi) is 3.89. The summed E-state index contributed by atoms with van der Waals surface area (Å²) in [6.45, 7) is 3.55. The molecule has 0 saturated carbocycles. The largest absolute Gasteiger partial charge is 0.419 e. The number of nitrogens with one attached hydrogen (secondary N) is 1. The fourth-order valence-electron chi connectivity index (χ4n) is 1.30. The van der Waals surface area contributed by atoms with E-state index in [0.717, 1.165) is 15.7 Å². The van der Waals surface area contributed by atoms with Crippen LogP contribution in [-0.4, -0.2) is 16.7 Å². The van der Waals surface area contributed by atoms with E-state index in [4.69, 9.17) is 4.42 Å². The van der Waals surface area contributed by atoms with Gasteiger partial charge in [0.05, 0.1) is 6.54 Å². The summed E-state index contributed by atoms with van der Waals surface area (Å²) in [5.41, 5.74) is 0.960. The Labute approximate surface area is 108 Å². The van der Waals surface area contributed by atoms with Crippen molar-refractivity contribution in [2.24, 2.45) is 0 Å². The lowest BCUT2D eigenvalue weighted by Crippen LogP contribution is -2.11. The Morgan fingerprint density at radius 2 is 2.25 bits per heavy atom. The average Bonchev–Trinajstić information content (AvgIpc) is 2.75. The van der Waals surface area contributed by atoms with E-state index in [2.05, 4.69) is 38.1 Å². The molecule has 0 amide bonds. The SMILES string of the molecule is CCNCc1nnc(-c2cccc(I)c2)o1. The van der Waals surface area contributed by atoms with Crippen molar-refractivity contribution in [3.05, 3.63) is 33.7 Å². The molecule has 0 aliphatic rings. The Bertz CT molecular complexity index is 470. The highest BCUT2D eigenvalue weighted by Crippen LogP contribution is 2.19. The molecule has 84 valence electrons. The monoisotopic (exact) mass is 329 g/mol. The van der Waals surface area contributed by atoms with Gasteiger partial charge in [0.1, 0.15) is 0 Å². The maximum Gasteiger partial charge on any atom is 0.247 e. The van der Waals surface area contributed by atoms with Gasteiger partial charge in [0, 0.05) is 9.13 Å². The second-order valence-electron chi connectivity index (χ2n) is 3.29. The molecule has 0 bridgehead atoms. The van der Waals surface area contributed by atoms with Crippen molar-refractivity contribution in [3.8, 4) is 11.5 Å². The summed E-state index contributed by atoms with van der Waals surface area (Å²) in [4.78, 5) is 0. The number of hydrogen-bond donors (Lipinski definition) is 1. The van der Waals surface area contributed by atoms with Crippen molar-refractivity contribution in [3.63, 3.8) is 0 Å². The van der Waals surface area contributed by atoms with Crippen LogP contribution in [0.1, 0.15) is 12.8 Å². The van der Waals surface area contributed by atoms with Crippen LogP contribution in [0.25, 0.3) is 11.5 Å². The highest BCUT2D eigenvalue weighted by Gasteiger charge is 2.07. The fourth-order valence-corrected chi connectivity index (χ4v) is 1.84. The van der Waals surface area contributed by atoms with Gasteiger partial charge >= 0.3 is 0 Å². The first-order valence-corrected chi connectivity index (χ1v) is 6.16. The molecule has 0 atom stereocenters. The molecule has 5 heteroatoms. The minimum atomic E-state index is 0.575. The van der Waals surface area contributed by atoms with Gasteiger partial charge in [-0.3, -0.25) is 0 Å².